The van der Waals surface area contributed by atoms with Gasteiger partial charge in [0.25, 0.3) is 0 Å². The summed E-state index contributed by atoms with van der Waals surface area (Å²) in [4.78, 5) is 6.49. The second-order valence-corrected chi connectivity index (χ2v) is 7.97. The van der Waals surface area contributed by atoms with Crippen LogP contribution in [0, 0.1) is 17.8 Å². The third kappa shape index (κ3) is 5.56. The van der Waals surface area contributed by atoms with Crippen LogP contribution in [0.15, 0.2) is 47.2 Å². The maximum Gasteiger partial charge on any atom is 0.210 e. The molecule has 168 valence electrons. The summed E-state index contributed by atoms with van der Waals surface area (Å²) in [5.41, 5.74) is 1.67. The Balaban J connectivity index is 1.27. The van der Waals surface area contributed by atoms with Crippen molar-refractivity contribution in [1.82, 2.24) is 19.6 Å². The Bertz CT molecular complexity index is 1050. The zero-order valence-corrected chi connectivity index (χ0v) is 18.1. The summed E-state index contributed by atoms with van der Waals surface area (Å²) in [6.07, 6.45) is 4.72. The number of aliphatic hydroxyl groups excluding tert-OH is 2. The van der Waals surface area contributed by atoms with Gasteiger partial charge in [-0.25, -0.2) is 4.98 Å². The normalized spacial score (nSPS) is 14.2. The first-order valence-electron chi connectivity index (χ1n) is 10.8. The van der Waals surface area contributed by atoms with Crippen molar-refractivity contribution in [3.63, 3.8) is 0 Å². The minimum atomic E-state index is -0.0889. The summed E-state index contributed by atoms with van der Waals surface area (Å²) in [5, 5.41) is 22.4. The molecule has 0 unspecified atom stereocenters. The molecule has 0 radical (unpaired) electrons. The van der Waals surface area contributed by atoms with Crippen LogP contribution >= 0.6 is 0 Å². The first-order valence-corrected chi connectivity index (χ1v) is 10.8. The molecule has 1 aromatic carbocycles. The summed E-state index contributed by atoms with van der Waals surface area (Å²) in [6.45, 7) is 4.96. The Kier molecular flexibility index (Phi) is 7.22. The third-order valence-electron chi connectivity index (χ3n) is 5.45. The van der Waals surface area contributed by atoms with Crippen LogP contribution in [0.25, 0.3) is 0 Å². The molecule has 1 fully saturated rings. The fourth-order valence-electron chi connectivity index (χ4n) is 3.65. The quantitative estimate of drug-likeness (QED) is 0.491. The van der Waals surface area contributed by atoms with E-state index in [9.17, 15) is 0 Å². The van der Waals surface area contributed by atoms with E-state index in [1.807, 2.05) is 41.1 Å². The fraction of sp³-hybridized carbons (Fsp3) is 0.417. The number of rotatable bonds is 9. The van der Waals surface area contributed by atoms with E-state index in [0.29, 0.717) is 18.8 Å². The van der Waals surface area contributed by atoms with Crippen molar-refractivity contribution >= 4 is 0 Å². The molecule has 0 bridgehead atoms. The zero-order chi connectivity index (χ0) is 22.3. The Morgan fingerprint density at radius 2 is 1.97 bits per heavy atom. The molecule has 4 rings (SSSR count). The predicted molar refractivity (Wildman–Crippen MR) is 118 cm³/mol. The molecule has 0 spiro atoms. The molecule has 0 aliphatic carbocycles. The Morgan fingerprint density at radius 3 is 2.69 bits per heavy atom. The number of benzene rings is 1. The molecular formula is C24H28N4O4. The molecule has 8 nitrogen and oxygen atoms in total. The standard InChI is InChI=1S/C24H28N4O4/c1-2-24-25-9-10-28(24)13-20-11-22(32-26-20)8-5-18-3-6-21(7-4-18)31-23-14-27(15-23)12-19(16-29)17-30/h3-4,6-7,9-11,19,23,29-30H,2,12-17H2,1H3. The number of hydrogen-bond donors (Lipinski definition) is 2. The Hall–Kier alpha value is -3.12. The van der Waals surface area contributed by atoms with Crippen LogP contribution in [0.5, 0.6) is 5.75 Å². The molecule has 1 aliphatic heterocycles. The molecule has 0 saturated carbocycles. The van der Waals surface area contributed by atoms with Gasteiger partial charge in [-0.05, 0) is 30.2 Å². The third-order valence-corrected chi connectivity index (χ3v) is 5.45. The summed E-state index contributed by atoms with van der Waals surface area (Å²) >= 11 is 0. The molecule has 3 heterocycles. The van der Waals surface area contributed by atoms with Gasteiger partial charge in [-0.2, -0.15) is 0 Å². The zero-order valence-electron chi connectivity index (χ0n) is 18.1. The molecule has 8 heteroatoms. The van der Waals surface area contributed by atoms with Crippen LogP contribution < -0.4 is 4.74 Å². The number of aromatic nitrogens is 3. The van der Waals surface area contributed by atoms with Gasteiger partial charge < -0.3 is 24.0 Å². The number of ether oxygens (including phenoxy) is 1. The molecule has 3 aromatic rings. The lowest BCUT2D eigenvalue weighted by Crippen LogP contribution is -2.55. The fourth-order valence-corrected chi connectivity index (χ4v) is 3.65. The molecule has 1 saturated heterocycles. The SMILES string of the molecule is CCc1nccn1Cc1cc(C#Cc2ccc(OC3CN(CC(CO)CO)C3)cc2)on1. The van der Waals surface area contributed by atoms with Gasteiger partial charge in [0.2, 0.25) is 5.76 Å². The van der Waals surface area contributed by atoms with Gasteiger partial charge in [-0.1, -0.05) is 18.0 Å². The van der Waals surface area contributed by atoms with Gasteiger partial charge >= 0.3 is 0 Å². The van der Waals surface area contributed by atoms with E-state index < -0.39 is 0 Å². The maximum atomic E-state index is 9.17. The average Bonchev–Trinajstić information content (AvgIpc) is 3.44. The highest BCUT2D eigenvalue weighted by Gasteiger charge is 2.29. The minimum absolute atomic E-state index is 0.000796. The number of likely N-dealkylation sites (tertiary alicyclic amines) is 1. The molecular weight excluding hydrogens is 408 g/mol. The average molecular weight is 437 g/mol. The molecule has 1 aliphatic rings. The highest BCUT2D eigenvalue weighted by Crippen LogP contribution is 2.19. The molecule has 2 aromatic heterocycles. The smallest absolute Gasteiger partial charge is 0.210 e. The van der Waals surface area contributed by atoms with E-state index in [4.69, 9.17) is 19.5 Å². The number of nitrogens with zero attached hydrogens (tertiary/aromatic N) is 4. The molecule has 2 N–H and O–H groups in total. The summed E-state index contributed by atoms with van der Waals surface area (Å²) in [7, 11) is 0. The van der Waals surface area contributed by atoms with Gasteiger partial charge in [0.1, 0.15) is 23.4 Å². The van der Waals surface area contributed by atoms with E-state index in [1.165, 1.54) is 0 Å². The number of aryl methyl sites for hydroxylation is 1. The van der Waals surface area contributed by atoms with E-state index in [-0.39, 0.29) is 25.2 Å². The van der Waals surface area contributed by atoms with E-state index in [0.717, 1.165) is 42.3 Å². The molecule has 0 atom stereocenters. The van der Waals surface area contributed by atoms with E-state index >= 15 is 0 Å². The summed E-state index contributed by atoms with van der Waals surface area (Å²) < 4.78 is 13.4. The van der Waals surface area contributed by atoms with E-state index in [2.05, 4.69) is 33.8 Å². The second-order valence-electron chi connectivity index (χ2n) is 7.97. The highest BCUT2D eigenvalue weighted by atomic mass is 16.5. The van der Waals surface area contributed by atoms with Gasteiger partial charge in [0.05, 0.1) is 6.54 Å². The maximum absolute atomic E-state index is 9.17. The largest absolute Gasteiger partial charge is 0.488 e. The minimum Gasteiger partial charge on any atom is -0.488 e. The van der Waals surface area contributed by atoms with Crippen molar-refractivity contribution in [2.45, 2.75) is 26.0 Å². The second kappa shape index (κ2) is 10.5. The van der Waals surface area contributed by atoms with Crippen LogP contribution in [-0.4, -0.2) is 68.8 Å². The highest BCUT2D eigenvalue weighted by molar-refractivity contribution is 5.42. The molecule has 32 heavy (non-hydrogen) atoms. The van der Waals surface area contributed by atoms with Gasteiger partial charge in [0.15, 0.2) is 0 Å². The van der Waals surface area contributed by atoms with Gasteiger partial charge in [-0.3, -0.25) is 4.90 Å². The Morgan fingerprint density at radius 1 is 1.19 bits per heavy atom. The van der Waals surface area contributed by atoms with Crippen molar-refractivity contribution in [1.29, 1.82) is 0 Å². The van der Waals surface area contributed by atoms with Crippen LogP contribution in [0.3, 0.4) is 0 Å². The van der Waals surface area contributed by atoms with Crippen molar-refractivity contribution < 1.29 is 19.5 Å². The lowest BCUT2D eigenvalue weighted by molar-refractivity contribution is -0.00361. The van der Waals surface area contributed by atoms with Crippen LogP contribution in [-0.2, 0) is 13.0 Å². The van der Waals surface area contributed by atoms with Crippen molar-refractivity contribution in [3.05, 3.63) is 65.6 Å². The predicted octanol–water partition coefficient (Wildman–Crippen LogP) is 1.55. The topological polar surface area (TPSA) is 96.8 Å². The van der Waals surface area contributed by atoms with Crippen LogP contribution in [0.4, 0.5) is 0 Å². The van der Waals surface area contributed by atoms with E-state index in [1.54, 1.807) is 6.20 Å². The van der Waals surface area contributed by atoms with Gasteiger partial charge in [-0.15, -0.1) is 0 Å². The van der Waals surface area contributed by atoms with Crippen molar-refractivity contribution in [2.75, 3.05) is 32.8 Å². The van der Waals surface area contributed by atoms with Gasteiger partial charge in [0, 0.05) is 69.2 Å². The summed E-state index contributed by atoms with van der Waals surface area (Å²) in [6, 6.07) is 9.51. The van der Waals surface area contributed by atoms with Crippen molar-refractivity contribution in [2.24, 2.45) is 5.92 Å². The van der Waals surface area contributed by atoms with Crippen LogP contribution in [0.2, 0.25) is 0 Å². The van der Waals surface area contributed by atoms with Crippen molar-refractivity contribution in [3.8, 4) is 17.6 Å². The summed E-state index contributed by atoms with van der Waals surface area (Å²) in [5.74, 6) is 8.35. The lowest BCUT2D eigenvalue weighted by Gasteiger charge is -2.40. The first-order chi connectivity index (χ1) is 15.7. The first kappa shape index (κ1) is 22.1. The molecule has 0 amide bonds. The van der Waals surface area contributed by atoms with Crippen LogP contribution in [0.1, 0.15) is 29.8 Å². The monoisotopic (exact) mass is 436 g/mol. The Labute approximate surface area is 187 Å². The number of hydrogen-bond acceptors (Lipinski definition) is 7. The number of aliphatic hydroxyl groups is 2. The lowest BCUT2D eigenvalue weighted by atomic mass is 10.1. The number of imidazole rings is 1.